The van der Waals surface area contributed by atoms with E-state index in [1.807, 2.05) is 0 Å². The van der Waals surface area contributed by atoms with E-state index in [2.05, 4.69) is 67.6 Å². The van der Waals surface area contributed by atoms with Gasteiger partial charge in [0.15, 0.2) is 0 Å². The van der Waals surface area contributed by atoms with Crippen LogP contribution in [0.3, 0.4) is 0 Å². The van der Waals surface area contributed by atoms with E-state index >= 15 is 0 Å². The number of benzene rings is 2. The molecule has 2 aromatic carbocycles. The molecule has 0 aliphatic heterocycles. The fourth-order valence-corrected chi connectivity index (χ4v) is 3.31. The summed E-state index contributed by atoms with van der Waals surface area (Å²) in [6.07, 6.45) is 11.5. The molecule has 23 heavy (non-hydrogen) atoms. The molecule has 2 rings (SSSR count). The Hall–Kier alpha value is -1.56. The molecule has 0 aromatic heterocycles. The highest BCUT2D eigenvalue weighted by molar-refractivity contribution is 5.15. The summed E-state index contributed by atoms with van der Waals surface area (Å²) in [6.45, 7) is 4.01. The Morgan fingerprint density at radius 1 is 0.652 bits per heavy atom. The third-order valence-electron chi connectivity index (χ3n) is 4.65. The van der Waals surface area contributed by atoms with Gasteiger partial charge in [-0.15, -0.1) is 0 Å². The van der Waals surface area contributed by atoms with Gasteiger partial charge in [0.1, 0.15) is 0 Å². The normalized spacial score (nSPS) is 12.2. The number of hydrogen-bond acceptors (Lipinski definition) is 0. The molecule has 0 heterocycles. The smallest absolute Gasteiger partial charge is 0.0250 e. The number of rotatable bonds is 11. The van der Waals surface area contributed by atoms with Gasteiger partial charge in [0.05, 0.1) is 0 Å². The highest BCUT2D eigenvalue weighted by Crippen LogP contribution is 2.22. The van der Waals surface area contributed by atoms with Crippen LogP contribution in [-0.4, -0.2) is 0 Å². The van der Waals surface area contributed by atoms with Crippen LogP contribution in [0.4, 0.5) is 0 Å². The summed E-state index contributed by atoms with van der Waals surface area (Å²) in [6, 6.07) is 21.8. The second-order valence-corrected chi connectivity index (χ2v) is 6.64. The lowest BCUT2D eigenvalue weighted by atomic mass is 9.89. The monoisotopic (exact) mass is 307 g/mol. The van der Waals surface area contributed by atoms with Crippen LogP contribution in [0.5, 0.6) is 0 Å². The number of unbranched alkanes of at least 4 members (excludes halogenated alkanes) is 3. The van der Waals surface area contributed by atoms with E-state index in [1.54, 1.807) is 0 Å². The van der Waals surface area contributed by atoms with Gasteiger partial charge in [0.2, 0.25) is 0 Å². The molecule has 1 atom stereocenters. The quantitative estimate of drug-likeness (QED) is 0.407. The van der Waals surface area contributed by atoms with Crippen molar-refractivity contribution in [2.75, 3.05) is 0 Å². The number of aryl methyl sites for hydroxylation is 1. The van der Waals surface area contributed by atoms with Crippen LogP contribution in [0.25, 0.3) is 0 Å². The molecule has 0 heteroatoms. The number of hydrogen-bond donors (Lipinski definition) is 0. The minimum Gasteiger partial charge on any atom is -0.0622 e. The summed E-state index contributed by atoms with van der Waals surface area (Å²) in [7, 11) is 0. The Bertz CT molecular complexity index is 500. The first kappa shape index (κ1) is 17.8. The topological polar surface area (TPSA) is 0 Å². The first-order valence-electron chi connectivity index (χ1n) is 9.25. The van der Waals surface area contributed by atoms with Crippen molar-refractivity contribution in [1.82, 2.24) is 0 Å². The van der Waals surface area contributed by atoms with E-state index in [1.165, 1.54) is 62.5 Å². The van der Waals surface area contributed by atoms with Gasteiger partial charge in [-0.3, -0.25) is 0 Å². The van der Waals surface area contributed by atoms with Crippen molar-refractivity contribution in [2.24, 2.45) is 5.92 Å². The molecule has 1 radical (unpaired) electrons. The Labute approximate surface area is 143 Å². The maximum absolute atomic E-state index is 4.01. The van der Waals surface area contributed by atoms with Crippen molar-refractivity contribution in [3.63, 3.8) is 0 Å². The molecule has 0 amide bonds. The molecule has 0 aliphatic rings. The van der Waals surface area contributed by atoms with Gasteiger partial charge in [-0.1, -0.05) is 106 Å². The third-order valence-corrected chi connectivity index (χ3v) is 4.65. The predicted molar refractivity (Wildman–Crippen MR) is 101 cm³/mol. The zero-order valence-corrected chi connectivity index (χ0v) is 14.4. The SMILES string of the molecule is [CH2]CCCC(CCCCCc1ccccc1)Cc1ccccc1. The van der Waals surface area contributed by atoms with Gasteiger partial charge < -0.3 is 0 Å². The molecule has 0 fully saturated rings. The molecule has 1 unspecified atom stereocenters. The maximum Gasteiger partial charge on any atom is -0.0250 e. The maximum atomic E-state index is 4.01. The zero-order chi connectivity index (χ0) is 16.2. The fraction of sp³-hybridized carbons (Fsp3) is 0.435. The second kappa shape index (κ2) is 11.0. The first-order valence-corrected chi connectivity index (χ1v) is 9.25. The molecule has 0 saturated carbocycles. The highest BCUT2D eigenvalue weighted by atomic mass is 14.1. The van der Waals surface area contributed by atoms with Gasteiger partial charge in [0, 0.05) is 0 Å². The molecular formula is C23H31. The van der Waals surface area contributed by atoms with Crippen LogP contribution in [0.1, 0.15) is 56.1 Å². The van der Waals surface area contributed by atoms with E-state index in [9.17, 15) is 0 Å². The third kappa shape index (κ3) is 7.50. The van der Waals surface area contributed by atoms with Crippen molar-refractivity contribution >= 4 is 0 Å². The van der Waals surface area contributed by atoms with Crippen LogP contribution >= 0.6 is 0 Å². The minimum absolute atomic E-state index is 0.830. The van der Waals surface area contributed by atoms with Crippen molar-refractivity contribution in [3.05, 3.63) is 78.7 Å². The summed E-state index contributed by atoms with van der Waals surface area (Å²) in [5.74, 6) is 0.830. The molecule has 0 bridgehead atoms. The molecule has 2 aromatic rings. The van der Waals surface area contributed by atoms with Gasteiger partial charge in [-0.05, 0) is 36.3 Å². The van der Waals surface area contributed by atoms with Crippen molar-refractivity contribution in [1.29, 1.82) is 0 Å². The summed E-state index contributed by atoms with van der Waals surface area (Å²) in [5.41, 5.74) is 2.97. The zero-order valence-electron chi connectivity index (χ0n) is 14.4. The van der Waals surface area contributed by atoms with Crippen LogP contribution in [-0.2, 0) is 12.8 Å². The largest absolute Gasteiger partial charge is 0.0622 e. The summed E-state index contributed by atoms with van der Waals surface area (Å²) >= 11 is 0. The van der Waals surface area contributed by atoms with E-state index in [4.69, 9.17) is 0 Å². The summed E-state index contributed by atoms with van der Waals surface area (Å²) < 4.78 is 0. The Balaban J connectivity index is 1.68. The van der Waals surface area contributed by atoms with Gasteiger partial charge in [-0.2, -0.15) is 0 Å². The fourth-order valence-electron chi connectivity index (χ4n) is 3.31. The van der Waals surface area contributed by atoms with E-state index < -0.39 is 0 Å². The van der Waals surface area contributed by atoms with Gasteiger partial charge >= 0.3 is 0 Å². The van der Waals surface area contributed by atoms with Gasteiger partial charge in [-0.25, -0.2) is 0 Å². The Morgan fingerprint density at radius 2 is 1.26 bits per heavy atom. The lowest BCUT2D eigenvalue weighted by molar-refractivity contribution is 0.414. The molecular weight excluding hydrogens is 276 g/mol. The highest BCUT2D eigenvalue weighted by Gasteiger charge is 2.09. The van der Waals surface area contributed by atoms with Crippen molar-refractivity contribution in [2.45, 2.75) is 57.8 Å². The molecule has 0 nitrogen and oxygen atoms in total. The summed E-state index contributed by atoms with van der Waals surface area (Å²) in [4.78, 5) is 0. The molecule has 123 valence electrons. The van der Waals surface area contributed by atoms with Crippen LogP contribution < -0.4 is 0 Å². The summed E-state index contributed by atoms with van der Waals surface area (Å²) in [5, 5.41) is 0. The molecule has 0 N–H and O–H groups in total. The van der Waals surface area contributed by atoms with E-state index in [-0.39, 0.29) is 0 Å². The van der Waals surface area contributed by atoms with Crippen molar-refractivity contribution < 1.29 is 0 Å². The van der Waals surface area contributed by atoms with Gasteiger partial charge in [0.25, 0.3) is 0 Å². The average Bonchev–Trinajstić information content (AvgIpc) is 2.61. The Morgan fingerprint density at radius 3 is 1.91 bits per heavy atom. The molecule has 0 spiro atoms. The van der Waals surface area contributed by atoms with Crippen LogP contribution in [0, 0.1) is 12.8 Å². The van der Waals surface area contributed by atoms with Crippen LogP contribution in [0.2, 0.25) is 0 Å². The lowest BCUT2D eigenvalue weighted by Crippen LogP contribution is -2.05. The molecule has 0 saturated heterocycles. The predicted octanol–water partition coefficient (Wildman–Crippen LogP) is 6.65. The first-order chi connectivity index (χ1) is 11.4. The average molecular weight is 308 g/mol. The van der Waals surface area contributed by atoms with Crippen LogP contribution in [0.15, 0.2) is 60.7 Å². The lowest BCUT2D eigenvalue weighted by Gasteiger charge is -2.17. The van der Waals surface area contributed by atoms with E-state index in [0.29, 0.717) is 0 Å². The van der Waals surface area contributed by atoms with E-state index in [0.717, 1.165) is 12.3 Å². The molecule has 0 aliphatic carbocycles. The Kier molecular flexibility index (Phi) is 8.55. The second-order valence-electron chi connectivity index (χ2n) is 6.64. The van der Waals surface area contributed by atoms with Crippen molar-refractivity contribution in [3.8, 4) is 0 Å². The minimum atomic E-state index is 0.830. The standard InChI is InChI=1S/C23H31/c1-2-3-13-22(20-23-18-11-6-12-19-23)17-10-5-9-16-21-14-7-4-8-15-21/h4,6-8,11-12,14-15,18-19,22H,1-3,5,9-10,13,16-17,20H2.